The number of nitrogens with two attached hydrogens (primary N) is 1. The molecule has 1 aromatic carbocycles. The molecule has 5 nitrogen and oxygen atoms in total. The van der Waals surface area contributed by atoms with Crippen molar-refractivity contribution in [3.63, 3.8) is 0 Å². The number of H-pyrrole nitrogens is 1. The van der Waals surface area contributed by atoms with Crippen molar-refractivity contribution in [3.05, 3.63) is 40.2 Å². The summed E-state index contributed by atoms with van der Waals surface area (Å²) in [5.41, 5.74) is 6.50. The van der Waals surface area contributed by atoms with Crippen LogP contribution in [0.25, 0.3) is 10.9 Å². The Morgan fingerprint density at radius 3 is 2.81 bits per heavy atom. The van der Waals surface area contributed by atoms with Gasteiger partial charge in [-0.3, -0.25) is 4.79 Å². The lowest BCUT2D eigenvalue weighted by Gasteiger charge is -2.03. The minimum atomic E-state index is -0.573. The van der Waals surface area contributed by atoms with Crippen molar-refractivity contribution in [2.45, 2.75) is 0 Å². The number of nitrogens with one attached hydrogen (secondary N) is 1. The number of fused-ring (bicyclic) bond motifs is 1. The van der Waals surface area contributed by atoms with E-state index in [-0.39, 0.29) is 11.1 Å². The summed E-state index contributed by atoms with van der Waals surface area (Å²) in [7, 11) is 1.26. The van der Waals surface area contributed by atoms with Gasteiger partial charge in [0.15, 0.2) is 5.43 Å². The average molecular weight is 218 g/mol. The average Bonchev–Trinajstić information content (AvgIpc) is 2.28. The monoisotopic (exact) mass is 218 g/mol. The zero-order chi connectivity index (χ0) is 11.7. The number of benzene rings is 1. The molecule has 0 aliphatic rings. The lowest BCUT2D eigenvalue weighted by Crippen LogP contribution is -2.11. The van der Waals surface area contributed by atoms with E-state index in [1.54, 1.807) is 18.2 Å². The second-order valence-electron chi connectivity index (χ2n) is 3.34. The second kappa shape index (κ2) is 3.69. The van der Waals surface area contributed by atoms with Gasteiger partial charge in [-0.15, -0.1) is 0 Å². The summed E-state index contributed by atoms with van der Waals surface area (Å²) in [6, 6.07) is 6.07. The number of hydrogen-bond donors (Lipinski definition) is 2. The predicted octanol–water partition coefficient (Wildman–Crippen LogP) is 0.897. The highest BCUT2D eigenvalue weighted by atomic mass is 16.5. The van der Waals surface area contributed by atoms with Crippen molar-refractivity contribution in [2.24, 2.45) is 0 Å². The van der Waals surface area contributed by atoms with Gasteiger partial charge in [0.05, 0.1) is 12.6 Å². The van der Waals surface area contributed by atoms with Crippen LogP contribution in [-0.4, -0.2) is 18.1 Å². The molecule has 0 fully saturated rings. The van der Waals surface area contributed by atoms with E-state index < -0.39 is 5.97 Å². The molecular formula is C11H10N2O3. The van der Waals surface area contributed by atoms with Gasteiger partial charge in [0.25, 0.3) is 0 Å². The van der Waals surface area contributed by atoms with Gasteiger partial charge in [0, 0.05) is 17.1 Å². The molecule has 1 heterocycles. The minimum absolute atomic E-state index is 0.129. The number of ether oxygens (including phenoxy) is 1. The third-order valence-electron chi connectivity index (χ3n) is 2.26. The van der Waals surface area contributed by atoms with Gasteiger partial charge in [-0.1, -0.05) is 0 Å². The molecule has 16 heavy (non-hydrogen) atoms. The highest BCUT2D eigenvalue weighted by Crippen LogP contribution is 2.12. The van der Waals surface area contributed by atoms with Crippen molar-refractivity contribution in [1.82, 2.24) is 4.98 Å². The highest BCUT2D eigenvalue weighted by molar-refractivity contribution is 5.91. The molecule has 0 amide bonds. The number of pyridine rings is 1. The molecule has 2 aromatic rings. The van der Waals surface area contributed by atoms with Crippen LogP contribution in [-0.2, 0) is 4.74 Å². The van der Waals surface area contributed by atoms with Crippen LogP contribution in [0.1, 0.15) is 10.5 Å². The number of hydrogen-bond acceptors (Lipinski definition) is 4. The SMILES string of the molecule is COC(=O)c1cc(=O)c2cc(N)ccc2[nH]1. The lowest BCUT2D eigenvalue weighted by atomic mass is 10.2. The molecule has 0 aliphatic carbocycles. The van der Waals surface area contributed by atoms with Crippen LogP contribution < -0.4 is 11.2 Å². The first-order valence-corrected chi connectivity index (χ1v) is 4.62. The van der Waals surface area contributed by atoms with Gasteiger partial charge in [0.2, 0.25) is 0 Å². The van der Waals surface area contributed by atoms with Crippen LogP contribution in [0.15, 0.2) is 29.1 Å². The Morgan fingerprint density at radius 1 is 1.38 bits per heavy atom. The first-order chi connectivity index (χ1) is 7.61. The molecule has 0 atom stereocenters. The molecular weight excluding hydrogens is 208 g/mol. The van der Waals surface area contributed by atoms with Crippen molar-refractivity contribution < 1.29 is 9.53 Å². The van der Waals surface area contributed by atoms with Gasteiger partial charge in [0.1, 0.15) is 5.69 Å². The van der Waals surface area contributed by atoms with E-state index in [2.05, 4.69) is 9.72 Å². The molecule has 2 rings (SSSR count). The largest absolute Gasteiger partial charge is 0.464 e. The Kier molecular flexibility index (Phi) is 2.36. The molecule has 0 unspecified atom stereocenters. The molecule has 82 valence electrons. The summed E-state index contributed by atoms with van der Waals surface area (Å²) >= 11 is 0. The van der Waals surface area contributed by atoms with Crippen molar-refractivity contribution >= 4 is 22.6 Å². The molecule has 0 saturated carbocycles. The van der Waals surface area contributed by atoms with E-state index in [1.165, 1.54) is 13.2 Å². The maximum absolute atomic E-state index is 11.7. The van der Waals surface area contributed by atoms with Gasteiger partial charge in [-0.25, -0.2) is 4.79 Å². The van der Waals surface area contributed by atoms with E-state index in [1.807, 2.05) is 0 Å². The third kappa shape index (κ3) is 1.63. The van der Waals surface area contributed by atoms with Crippen LogP contribution >= 0.6 is 0 Å². The minimum Gasteiger partial charge on any atom is -0.464 e. The Labute approximate surface area is 90.8 Å². The van der Waals surface area contributed by atoms with Gasteiger partial charge in [-0.2, -0.15) is 0 Å². The number of rotatable bonds is 1. The standard InChI is InChI=1S/C11H10N2O3/c1-16-11(15)9-5-10(14)7-4-6(12)2-3-8(7)13-9/h2-5H,12H2,1H3,(H,13,14). The quantitative estimate of drug-likeness (QED) is 0.550. The summed E-state index contributed by atoms with van der Waals surface area (Å²) in [5.74, 6) is -0.573. The molecule has 0 saturated heterocycles. The molecule has 5 heteroatoms. The topological polar surface area (TPSA) is 85.2 Å². The zero-order valence-electron chi connectivity index (χ0n) is 8.61. The molecule has 0 spiro atoms. The van der Waals surface area contributed by atoms with E-state index in [0.29, 0.717) is 16.6 Å². The molecule has 0 aliphatic heterocycles. The third-order valence-corrected chi connectivity index (χ3v) is 2.26. The summed E-state index contributed by atoms with van der Waals surface area (Å²) < 4.78 is 4.53. The van der Waals surface area contributed by atoms with Crippen LogP contribution in [0.2, 0.25) is 0 Å². The smallest absolute Gasteiger partial charge is 0.354 e. The van der Waals surface area contributed by atoms with Crippen molar-refractivity contribution in [2.75, 3.05) is 12.8 Å². The second-order valence-corrected chi connectivity index (χ2v) is 3.34. The first-order valence-electron chi connectivity index (χ1n) is 4.62. The molecule has 3 N–H and O–H groups in total. The fourth-order valence-electron chi connectivity index (χ4n) is 1.48. The van der Waals surface area contributed by atoms with E-state index in [4.69, 9.17) is 5.73 Å². The van der Waals surface area contributed by atoms with Gasteiger partial charge in [-0.05, 0) is 18.2 Å². The number of carbonyl (C=O) groups excluding carboxylic acids is 1. The summed E-state index contributed by atoms with van der Waals surface area (Å²) in [5, 5.41) is 0.452. The Balaban J connectivity index is 2.73. The van der Waals surface area contributed by atoms with Crippen LogP contribution in [0.5, 0.6) is 0 Å². The summed E-state index contributed by atoms with van der Waals surface area (Å²) in [6.45, 7) is 0. The van der Waals surface area contributed by atoms with Crippen molar-refractivity contribution in [3.8, 4) is 0 Å². The molecule has 0 radical (unpaired) electrons. The maximum Gasteiger partial charge on any atom is 0.354 e. The maximum atomic E-state index is 11.7. The Bertz CT molecular complexity index is 616. The van der Waals surface area contributed by atoms with Crippen LogP contribution in [0, 0.1) is 0 Å². The first kappa shape index (κ1) is 10.2. The lowest BCUT2D eigenvalue weighted by molar-refractivity contribution is 0.0594. The van der Waals surface area contributed by atoms with E-state index in [9.17, 15) is 9.59 Å². The highest BCUT2D eigenvalue weighted by Gasteiger charge is 2.09. The van der Waals surface area contributed by atoms with Gasteiger partial charge < -0.3 is 15.5 Å². The number of aromatic amines is 1. The number of methoxy groups -OCH3 is 1. The fraction of sp³-hybridized carbons (Fsp3) is 0.0909. The molecule has 0 bridgehead atoms. The number of anilines is 1. The number of aromatic nitrogens is 1. The summed E-state index contributed by atoms with van der Waals surface area (Å²) in [6.07, 6.45) is 0. The van der Waals surface area contributed by atoms with Crippen LogP contribution in [0.4, 0.5) is 5.69 Å². The van der Waals surface area contributed by atoms with Gasteiger partial charge >= 0.3 is 5.97 Å². The predicted molar refractivity (Wildman–Crippen MR) is 60.3 cm³/mol. The van der Waals surface area contributed by atoms with Crippen LogP contribution in [0.3, 0.4) is 0 Å². The number of esters is 1. The van der Waals surface area contributed by atoms with Crippen molar-refractivity contribution in [1.29, 1.82) is 0 Å². The Morgan fingerprint density at radius 2 is 2.12 bits per heavy atom. The fourth-order valence-corrected chi connectivity index (χ4v) is 1.48. The number of carbonyl (C=O) groups is 1. The van der Waals surface area contributed by atoms with E-state index in [0.717, 1.165) is 0 Å². The number of nitrogen functional groups attached to an aromatic ring is 1. The normalized spacial score (nSPS) is 10.3. The molecule has 1 aromatic heterocycles. The van der Waals surface area contributed by atoms with E-state index >= 15 is 0 Å². The zero-order valence-corrected chi connectivity index (χ0v) is 8.61. The Hall–Kier alpha value is -2.30. The summed E-state index contributed by atoms with van der Waals surface area (Å²) in [4.78, 5) is 25.8.